The first kappa shape index (κ1) is 12.2. The maximum Gasteiger partial charge on any atom is 0.0806 e. The summed E-state index contributed by atoms with van der Waals surface area (Å²) in [5, 5.41) is 7.96. The summed E-state index contributed by atoms with van der Waals surface area (Å²) < 4.78 is 1.85. The molecule has 1 unspecified atom stereocenters. The normalized spacial score (nSPS) is 13.4. The standard InChI is InChI=1S/C11H22N4/c1-5-7-12-11(9-14(2)3)10-6-8-15(4)13-10/h6,8,11-12H,5,7,9H2,1-4H3. The first-order valence-electron chi connectivity index (χ1n) is 5.51. The van der Waals surface area contributed by atoms with E-state index in [0.717, 1.165) is 25.2 Å². The van der Waals surface area contributed by atoms with Gasteiger partial charge in [0.2, 0.25) is 0 Å². The van der Waals surface area contributed by atoms with Gasteiger partial charge in [-0.2, -0.15) is 5.10 Å². The molecule has 1 aromatic heterocycles. The van der Waals surface area contributed by atoms with Crippen LogP contribution in [0.5, 0.6) is 0 Å². The van der Waals surface area contributed by atoms with Gasteiger partial charge < -0.3 is 10.2 Å². The number of rotatable bonds is 6. The molecule has 0 aliphatic carbocycles. The van der Waals surface area contributed by atoms with Gasteiger partial charge >= 0.3 is 0 Å². The van der Waals surface area contributed by atoms with Crippen LogP contribution in [0.2, 0.25) is 0 Å². The summed E-state index contributed by atoms with van der Waals surface area (Å²) in [5.41, 5.74) is 1.12. The molecule has 1 atom stereocenters. The fourth-order valence-electron chi connectivity index (χ4n) is 1.57. The zero-order chi connectivity index (χ0) is 11.3. The van der Waals surface area contributed by atoms with Crippen LogP contribution in [-0.4, -0.2) is 41.9 Å². The number of hydrogen-bond donors (Lipinski definition) is 1. The van der Waals surface area contributed by atoms with Crippen LogP contribution < -0.4 is 5.32 Å². The largest absolute Gasteiger partial charge is 0.308 e. The van der Waals surface area contributed by atoms with Crippen LogP contribution in [0, 0.1) is 0 Å². The molecule has 0 aliphatic heterocycles. The second-order valence-corrected chi connectivity index (χ2v) is 4.18. The quantitative estimate of drug-likeness (QED) is 0.761. The Labute approximate surface area is 92.3 Å². The highest BCUT2D eigenvalue weighted by molar-refractivity contribution is 5.06. The predicted molar refractivity (Wildman–Crippen MR) is 62.8 cm³/mol. The first-order valence-corrected chi connectivity index (χ1v) is 5.51. The molecule has 4 nitrogen and oxygen atoms in total. The van der Waals surface area contributed by atoms with E-state index in [0.29, 0.717) is 6.04 Å². The smallest absolute Gasteiger partial charge is 0.0806 e. The summed E-state index contributed by atoms with van der Waals surface area (Å²) in [7, 11) is 6.13. The molecule has 86 valence electrons. The molecule has 1 rings (SSSR count). The van der Waals surface area contributed by atoms with Gasteiger partial charge in [0.1, 0.15) is 0 Å². The molecule has 0 amide bonds. The molecule has 15 heavy (non-hydrogen) atoms. The van der Waals surface area contributed by atoms with E-state index in [1.54, 1.807) is 0 Å². The van der Waals surface area contributed by atoms with Crippen molar-refractivity contribution in [1.29, 1.82) is 0 Å². The highest BCUT2D eigenvalue weighted by Gasteiger charge is 2.13. The lowest BCUT2D eigenvalue weighted by Crippen LogP contribution is -2.32. The maximum atomic E-state index is 4.44. The second kappa shape index (κ2) is 5.88. The Morgan fingerprint density at radius 2 is 2.27 bits per heavy atom. The van der Waals surface area contributed by atoms with E-state index in [1.807, 2.05) is 17.9 Å². The maximum absolute atomic E-state index is 4.44. The molecular formula is C11H22N4. The number of nitrogens with zero attached hydrogens (tertiary/aromatic N) is 3. The van der Waals surface area contributed by atoms with Crippen molar-refractivity contribution < 1.29 is 0 Å². The SMILES string of the molecule is CCCNC(CN(C)C)c1ccn(C)n1. The fourth-order valence-corrected chi connectivity index (χ4v) is 1.57. The Bertz CT molecular complexity index is 280. The number of hydrogen-bond acceptors (Lipinski definition) is 3. The molecule has 0 saturated carbocycles. The third-order valence-electron chi connectivity index (χ3n) is 2.28. The van der Waals surface area contributed by atoms with Crippen LogP contribution in [0.25, 0.3) is 0 Å². The molecule has 0 radical (unpaired) electrons. The monoisotopic (exact) mass is 210 g/mol. The van der Waals surface area contributed by atoms with Crippen LogP contribution in [0.4, 0.5) is 0 Å². The van der Waals surface area contributed by atoms with Crippen molar-refractivity contribution >= 4 is 0 Å². The lowest BCUT2D eigenvalue weighted by molar-refractivity contribution is 0.337. The van der Waals surface area contributed by atoms with Gasteiger partial charge in [0.15, 0.2) is 0 Å². The molecule has 0 bridgehead atoms. The molecule has 1 N–H and O–H groups in total. The van der Waals surface area contributed by atoms with Gasteiger partial charge in [-0.15, -0.1) is 0 Å². The van der Waals surface area contributed by atoms with Crippen LogP contribution in [0.15, 0.2) is 12.3 Å². The van der Waals surface area contributed by atoms with Crippen molar-refractivity contribution in [3.05, 3.63) is 18.0 Å². The van der Waals surface area contributed by atoms with Gasteiger partial charge in [0.25, 0.3) is 0 Å². The summed E-state index contributed by atoms with van der Waals surface area (Å²) in [4.78, 5) is 2.18. The van der Waals surface area contributed by atoms with Crippen molar-refractivity contribution in [2.75, 3.05) is 27.2 Å². The van der Waals surface area contributed by atoms with Crippen molar-refractivity contribution in [1.82, 2.24) is 20.0 Å². The van der Waals surface area contributed by atoms with Crippen LogP contribution in [-0.2, 0) is 7.05 Å². The minimum atomic E-state index is 0.334. The molecule has 0 spiro atoms. The van der Waals surface area contributed by atoms with Gasteiger partial charge in [-0.1, -0.05) is 6.92 Å². The van der Waals surface area contributed by atoms with Gasteiger partial charge in [-0.3, -0.25) is 4.68 Å². The molecule has 4 heteroatoms. The molecule has 0 aromatic carbocycles. The molecule has 0 fully saturated rings. The topological polar surface area (TPSA) is 33.1 Å². The third-order valence-corrected chi connectivity index (χ3v) is 2.28. The van der Waals surface area contributed by atoms with Crippen molar-refractivity contribution in [2.24, 2.45) is 7.05 Å². The minimum absolute atomic E-state index is 0.334. The van der Waals surface area contributed by atoms with E-state index in [4.69, 9.17) is 0 Å². The summed E-state index contributed by atoms with van der Waals surface area (Å²) in [6.07, 6.45) is 3.14. The van der Waals surface area contributed by atoms with Crippen molar-refractivity contribution in [2.45, 2.75) is 19.4 Å². The van der Waals surface area contributed by atoms with E-state index in [1.165, 1.54) is 0 Å². The zero-order valence-electron chi connectivity index (χ0n) is 10.2. The minimum Gasteiger partial charge on any atom is -0.308 e. The van der Waals surface area contributed by atoms with Gasteiger partial charge in [-0.05, 0) is 33.1 Å². The van der Waals surface area contributed by atoms with Crippen LogP contribution in [0.3, 0.4) is 0 Å². The van der Waals surface area contributed by atoms with E-state index in [-0.39, 0.29) is 0 Å². The zero-order valence-corrected chi connectivity index (χ0v) is 10.2. The van der Waals surface area contributed by atoms with E-state index < -0.39 is 0 Å². The van der Waals surface area contributed by atoms with Gasteiger partial charge in [0.05, 0.1) is 11.7 Å². The van der Waals surface area contributed by atoms with E-state index in [2.05, 4.69) is 42.4 Å². The van der Waals surface area contributed by atoms with Crippen molar-refractivity contribution in [3.63, 3.8) is 0 Å². The Hall–Kier alpha value is -0.870. The number of aromatic nitrogens is 2. The van der Waals surface area contributed by atoms with Gasteiger partial charge in [-0.25, -0.2) is 0 Å². The first-order chi connectivity index (χ1) is 7.13. The fraction of sp³-hybridized carbons (Fsp3) is 0.727. The van der Waals surface area contributed by atoms with E-state index >= 15 is 0 Å². The highest BCUT2D eigenvalue weighted by Crippen LogP contribution is 2.10. The lowest BCUT2D eigenvalue weighted by atomic mass is 10.2. The van der Waals surface area contributed by atoms with Gasteiger partial charge in [0, 0.05) is 19.8 Å². The Kier molecular flexibility index (Phi) is 4.78. The average Bonchev–Trinajstić information content (AvgIpc) is 2.58. The highest BCUT2D eigenvalue weighted by atomic mass is 15.3. The van der Waals surface area contributed by atoms with Crippen LogP contribution >= 0.6 is 0 Å². The number of nitrogens with one attached hydrogen (secondary N) is 1. The summed E-state index contributed by atoms with van der Waals surface area (Å²) in [6, 6.07) is 2.41. The Morgan fingerprint density at radius 1 is 1.53 bits per heavy atom. The molecule has 0 saturated heterocycles. The second-order valence-electron chi connectivity index (χ2n) is 4.18. The third kappa shape index (κ3) is 4.01. The molecule has 1 heterocycles. The molecule has 1 aromatic rings. The average molecular weight is 210 g/mol. The van der Waals surface area contributed by atoms with Crippen molar-refractivity contribution in [3.8, 4) is 0 Å². The summed E-state index contributed by atoms with van der Waals surface area (Å²) in [6.45, 7) is 4.20. The number of likely N-dealkylation sites (N-methyl/N-ethyl adjacent to an activating group) is 1. The molecular weight excluding hydrogens is 188 g/mol. The summed E-state index contributed by atoms with van der Waals surface area (Å²) in [5.74, 6) is 0. The summed E-state index contributed by atoms with van der Waals surface area (Å²) >= 11 is 0. The predicted octanol–water partition coefficient (Wildman–Crippen LogP) is 1.02. The molecule has 0 aliphatic rings. The Balaban J connectivity index is 2.62. The Morgan fingerprint density at radius 3 is 2.73 bits per heavy atom. The van der Waals surface area contributed by atoms with E-state index in [9.17, 15) is 0 Å². The number of aryl methyl sites for hydroxylation is 1. The van der Waals surface area contributed by atoms with Crippen LogP contribution in [0.1, 0.15) is 25.1 Å². The lowest BCUT2D eigenvalue weighted by Gasteiger charge is -2.20.